The maximum Gasteiger partial charge on any atom is 0.303 e. The van der Waals surface area contributed by atoms with Gasteiger partial charge in [0.05, 0.1) is 12.2 Å². The number of unbranched alkanes of at least 4 members (excludes halogenated alkanes) is 1. The summed E-state index contributed by atoms with van der Waals surface area (Å²) in [4.78, 5) is 10.6. The average molecular weight is 387 g/mol. The van der Waals surface area contributed by atoms with Crippen molar-refractivity contribution in [3.05, 3.63) is 54.1 Å². The summed E-state index contributed by atoms with van der Waals surface area (Å²) < 4.78 is 6.19. The number of ether oxygens (including phenoxy) is 1. The molecule has 0 aliphatic carbocycles. The van der Waals surface area contributed by atoms with Crippen LogP contribution in [0.2, 0.25) is 0 Å². The second kappa shape index (κ2) is 10.7. The van der Waals surface area contributed by atoms with Crippen LogP contribution in [0.5, 0.6) is 0 Å². The number of carboxylic acids is 1. The van der Waals surface area contributed by atoms with Gasteiger partial charge in [-0.1, -0.05) is 54.6 Å². The minimum Gasteiger partial charge on any atom is -0.481 e. The van der Waals surface area contributed by atoms with Gasteiger partial charge in [0, 0.05) is 12.2 Å². The van der Waals surface area contributed by atoms with Gasteiger partial charge in [-0.3, -0.25) is 4.79 Å². The first-order valence-corrected chi connectivity index (χ1v) is 11.2. The van der Waals surface area contributed by atoms with Crippen molar-refractivity contribution in [2.45, 2.75) is 50.7 Å². The van der Waals surface area contributed by atoms with Crippen LogP contribution in [0.25, 0.3) is 6.08 Å². The molecule has 2 heterocycles. The lowest BCUT2D eigenvalue weighted by atomic mass is 9.78. The minimum absolute atomic E-state index is 0.261. The number of thioether (sulfide) groups is 1. The van der Waals surface area contributed by atoms with E-state index in [9.17, 15) is 4.79 Å². The van der Waals surface area contributed by atoms with Gasteiger partial charge in [-0.15, -0.1) is 0 Å². The third-order valence-electron chi connectivity index (χ3n) is 5.56. The van der Waals surface area contributed by atoms with Crippen molar-refractivity contribution in [1.82, 2.24) is 0 Å². The van der Waals surface area contributed by atoms with Crippen LogP contribution in [-0.2, 0) is 9.53 Å². The summed E-state index contributed by atoms with van der Waals surface area (Å²) >= 11 is 2.01. The van der Waals surface area contributed by atoms with Gasteiger partial charge >= 0.3 is 5.97 Å². The van der Waals surface area contributed by atoms with E-state index in [2.05, 4.69) is 48.6 Å². The van der Waals surface area contributed by atoms with Crippen LogP contribution in [-0.4, -0.2) is 34.8 Å². The molecule has 0 saturated carbocycles. The number of carboxylic acid groups (broad SMARTS) is 1. The van der Waals surface area contributed by atoms with Crippen LogP contribution in [0.15, 0.2) is 48.6 Å². The van der Waals surface area contributed by atoms with Crippen molar-refractivity contribution in [1.29, 1.82) is 0 Å². The van der Waals surface area contributed by atoms with Crippen molar-refractivity contribution in [2.75, 3.05) is 11.5 Å². The van der Waals surface area contributed by atoms with E-state index in [-0.39, 0.29) is 6.42 Å². The monoisotopic (exact) mass is 386 g/mol. The van der Waals surface area contributed by atoms with E-state index < -0.39 is 5.97 Å². The summed E-state index contributed by atoms with van der Waals surface area (Å²) in [5.41, 5.74) is 1.26. The molecular formula is C23H30O3S. The lowest BCUT2D eigenvalue weighted by Gasteiger charge is -2.26. The van der Waals surface area contributed by atoms with Gasteiger partial charge in [0.15, 0.2) is 0 Å². The molecule has 4 atom stereocenters. The van der Waals surface area contributed by atoms with Gasteiger partial charge in [-0.2, -0.15) is 11.8 Å². The molecule has 2 fully saturated rings. The molecule has 146 valence electrons. The van der Waals surface area contributed by atoms with Crippen LogP contribution in [0.1, 0.15) is 44.1 Å². The highest BCUT2D eigenvalue weighted by Gasteiger charge is 2.47. The number of aliphatic carboxylic acids is 1. The fourth-order valence-electron chi connectivity index (χ4n) is 4.19. The number of rotatable bonds is 11. The Balaban J connectivity index is 1.39. The standard InChI is InChI=1S/C23H30O3S/c24-23(25)13-7-2-1-6-12-19-20(22-15-14-21(19)26-22)17-27-16-8-11-18-9-4-3-5-10-18/h1,3-6,8-11,19-22H,2,7,12-17H2,(H,24,25)/t19-,20+,21-,22+/m1/s1. The van der Waals surface area contributed by atoms with Gasteiger partial charge in [-0.25, -0.2) is 0 Å². The number of hydrogen-bond acceptors (Lipinski definition) is 3. The summed E-state index contributed by atoms with van der Waals surface area (Å²) in [6.07, 6.45) is 15.1. The molecule has 1 N–H and O–H groups in total. The molecule has 0 unspecified atom stereocenters. The van der Waals surface area contributed by atoms with E-state index in [0.717, 1.165) is 30.8 Å². The molecule has 0 radical (unpaired) electrons. The van der Waals surface area contributed by atoms with Crippen LogP contribution in [0.3, 0.4) is 0 Å². The Morgan fingerprint density at radius 1 is 1.11 bits per heavy atom. The van der Waals surface area contributed by atoms with Gasteiger partial charge in [0.1, 0.15) is 0 Å². The first-order chi connectivity index (χ1) is 13.2. The first kappa shape index (κ1) is 20.2. The van der Waals surface area contributed by atoms with E-state index in [1.807, 2.05) is 17.8 Å². The second-order valence-electron chi connectivity index (χ2n) is 7.46. The maximum absolute atomic E-state index is 10.6. The Morgan fingerprint density at radius 2 is 1.89 bits per heavy atom. The fourth-order valence-corrected chi connectivity index (χ4v) is 5.29. The van der Waals surface area contributed by atoms with E-state index in [0.29, 0.717) is 24.0 Å². The number of carbonyl (C=O) groups is 1. The second-order valence-corrected chi connectivity index (χ2v) is 8.54. The number of benzene rings is 1. The summed E-state index contributed by atoms with van der Waals surface area (Å²) in [6, 6.07) is 10.4. The zero-order valence-electron chi connectivity index (χ0n) is 15.8. The van der Waals surface area contributed by atoms with Crippen molar-refractivity contribution < 1.29 is 14.6 Å². The summed E-state index contributed by atoms with van der Waals surface area (Å²) in [6.45, 7) is 0. The molecule has 2 bridgehead atoms. The zero-order chi connectivity index (χ0) is 18.9. The van der Waals surface area contributed by atoms with E-state index >= 15 is 0 Å². The van der Waals surface area contributed by atoms with Crippen molar-refractivity contribution in [2.24, 2.45) is 11.8 Å². The predicted octanol–water partition coefficient (Wildman–Crippen LogP) is 5.43. The fraction of sp³-hybridized carbons (Fsp3) is 0.522. The van der Waals surface area contributed by atoms with Crippen LogP contribution >= 0.6 is 11.8 Å². The third kappa shape index (κ3) is 6.25. The minimum atomic E-state index is -0.705. The molecule has 3 nitrogen and oxygen atoms in total. The summed E-state index contributed by atoms with van der Waals surface area (Å²) in [7, 11) is 0. The molecule has 1 aromatic rings. The molecule has 0 amide bonds. The number of hydrogen-bond donors (Lipinski definition) is 1. The molecule has 2 aliphatic rings. The molecule has 0 aromatic heterocycles. The topological polar surface area (TPSA) is 46.5 Å². The van der Waals surface area contributed by atoms with Gasteiger partial charge < -0.3 is 9.84 Å². The normalized spacial score (nSPS) is 27.1. The Kier molecular flexibility index (Phi) is 8.03. The summed E-state index contributed by atoms with van der Waals surface area (Å²) in [5.74, 6) is 2.79. The molecule has 1 aromatic carbocycles. The van der Waals surface area contributed by atoms with Crippen LogP contribution < -0.4 is 0 Å². The maximum atomic E-state index is 10.6. The third-order valence-corrected chi connectivity index (χ3v) is 6.61. The molecule has 0 spiro atoms. The zero-order valence-corrected chi connectivity index (χ0v) is 16.7. The number of fused-ring (bicyclic) bond motifs is 2. The Hall–Kier alpha value is -1.52. The van der Waals surface area contributed by atoms with Crippen molar-refractivity contribution in [3.63, 3.8) is 0 Å². The molecular weight excluding hydrogens is 356 g/mol. The highest BCUT2D eigenvalue weighted by molar-refractivity contribution is 7.99. The van der Waals surface area contributed by atoms with Gasteiger partial charge in [0.2, 0.25) is 0 Å². The van der Waals surface area contributed by atoms with Gasteiger partial charge in [0.25, 0.3) is 0 Å². The molecule has 4 heteroatoms. The molecule has 27 heavy (non-hydrogen) atoms. The Morgan fingerprint density at radius 3 is 2.67 bits per heavy atom. The first-order valence-electron chi connectivity index (χ1n) is 10.1. The average Bonchev–Trinajstić information content (AvgIpc) is 3.27. The predicted molar refractivity (Wildman–Crippen MR) is 113 cm³/mol. The molecule has 2 aliphatic heterocycles. The lowest BCUT2D eigenvalue weighted by Crippen LogP contribution is -2.28. The molecule has 2 saturated heterocycles. The van der Waals surface area contributed by atoms with E-state index in [4.69, 9.17) is 9.84 Å². The molecule has 3 rings (SSSR count). The van der Waals surface area contributed by atoms with Crippen LogP contribution in [0, 0.1) is 11.8 Å². The summed E-state index contributed by atoms with van der Waals surface area (Å²) in [5, 5.41) is 8.69. The SMILES string of the molecule is O=C(O)CCCC=CC[C@@H]1[C@H](CSCC=Cc2ccccc2)[C@@H]2CC[C@H]1O2. The largest absolute Gasteiger partial charge is 0.481 e. The van der Waals surface area contributed by atoms with Crippen LogP contribution in [0.4, 0.5) is 0 Å². The highest BCUT2D eigenvalue weighted by atomic mass is 32.2. The van der Waals surface area contributed by atoms with E-state index in [1.54, 1.807) is 0 Å². The van der Waals surface area contributed by atoms with Crippen molar-refractivity contribution in [3.8, 4) is 0 Å². The van der Waals surface area contributed by atoms with E-state index in [1.165, 1.54) is 18.4 Å². The van der Waals surface area contributed by atoms with Crippen molar-refractivity contribution >= 4 is 23.8 Å². The number of allylic oxidation sites excluding steroid dienone is 2. The highest BCUT2D eigenvalue weighted by Crippen LogP contribution is 2.46. The lowest BCUT2D eigenvalue weighted by molar-refractivity contribution is -0.137. The Labute approximate surface area is 166 Å². The smallest absolute Gasteiger partial charge is 0.303 e. The quantitative estimate of drug-likeness (QED) is 0.407. The van der Waals surface area contributed by atoms with Gasteiger partial charge in [-0.05, 0) is 55.3 Å². The Bertz CT molecular complexity index is 640.